The van der Waals surface area contributed by atoms with Crippen molar-refractivity contribution in [2.24, 2.45) is 5.92 Å². The van der Waals surface area contributed by atoms with E-state index in [4.69, 9.17) is 0 Å². The minimum atomic E-state index is 0. The van der Waals surface area contributed by atoms with Crippen molar-refractivity contribution in [2.45, 2.75) is 13.8 Å². The molecule has 0 aromatic heterocycles. The molecule has 0 radical (unpaired) electrons. The standard InChI is InChI=1S/C7H9.Li/c1-6-4-3-5-7(6)2;/h3-4,6H,1-2H3;/q-1;+1. The van der Waals surface area contributed by atoms with Crippen LogP contribution in [-0.4, -0.2) is 0 Å². The third kappa shape index (κ3) is 1.54. The van der Waals surface area contributed by atoms with Gasteiger partial charge in [-0.1, -0.05) is 19.8 Å². The second-order valence-electron chi connectivity index (χ2n) is 1.98. The molecule has 0 nitrogen and oxygen atoms in total. The van der Waals surface area contributed by atoms with Gasteiger partial charge in [-0.15, -0.1) is 0 Å². The maximum absolute atomic E-state index is 3.11. The third-order valence-corrected chi connectivity index (χ3v) is 1.38. The first-order chi connectivity index (χ1) is 3.30. The van der Waals surface area contributed by atoms with Gasteiger partial charge in [0.1, 0.15) is 0 Å². The Bertz CT molecular complexity index is 122. The minimum absolute atomic E-state index is 0. The summed E-state index contributed by atoms with van der Waals surface area (Å²) >= 11 is 0. The molecule has 8 heavy (non-hydrogen) atoms. The van der Waals surface area contributed by atoms with Gasteiger partial charge in [-0.25, -0.2) is 12.2 Å². The molecular weight excluding hydrogens is 91.0 g/mol. The van der Waals surface area contributed by atoms with Gasteiger partial charge in [0.05, 0.1) is 0 Å². The molecule has 0 bridgehead atoms. The molecule has 0 aromatic carbocycles. The van der Waals surface area contributed by atoms with Gasteiger partial charge in [-0.2, -0.15) is 5.57 Å². The summed E-state index contributed by atoms with van der Waals surface area (Å²) in [5.74, 6) is 0.639. The van der Waals surface area contributed by atoms with E-state index in [-0.39, 0.29) is 18.9 Å². The molecule has 0 fully saturated rings. The quantitative estimate of drug-likeness (QED) is 0.269. The summed E-state index contributed by atoms with van der Waals surface area (Å²) in [4.78, 5) is 0. The monoisotopic (exact) mass is 100 g/mol. The summed E-state index contributed by atoms with van der Waals surface area (Å²) in [5.41, 5.74) is 1.35. The molecule has 1 heteroatoms. The molecule has 0 aliphatic heterocycles. The van der Waals surface area contributed by atoms with Crippen LogP contribution in [0.2, 0.25) is 0 Å². The third-order valence-electron chi connectivity index (χ3n) is 1.38. The van der Waals surface area contributed by atoms with E-state index in [1.807, 2.05) is 6.08 Å². The molecular formula is C7H9Li. The van der Waals surface area contributed by atoms with E-state index in [2.05, 4.69) is 26.0 Å². The first-order valence-electron chi connectivity index (χ1n) is 2.57. The van der Waals surface area contributed by atoms with Gasteiger partial charge in [0.15, 0.2) is 0 Å². The first kappa shape index (κ1) is 8.08. The molecule has 0 heterocycles. The summed E-state index contributed by atoms with van der Waals surface area (Å²) in [6.07, 6.45) is 7.24. The van der Waals surface area contributed by atoms with Crippen molar-refractivity contribution < 1.29 is 18.9 Å². The Morgan fingerprint density at radius 3 is 2.38 bits per heavy atom. The van der Waals surface area contributed by atoms with Gasteiger partial charge in [-0.3, -0.25) is 6.08 Å². The van der Waals surface area contributed by atoms with Gasteiger partial charge in [0, 0.05) is 0 Å². The normalized spacial score (nSPS) is 24.8. The Hall–Kier alpha value is 0.0774. The Labute approximate surface area is 62.8 Å². The maximum Gasteiger partial charge on any atom is 1.00 e. The average molecular weight is 100 g/mol. The fourth-order valence-electron chi connectivity index (χ4n) is 0.600. The zero-order chi connectivity index (χ0) is 5.28. The molecule has 1 aliphatic rings. The van der Waals surface area contributed by atoms with E-state index >= 15 is 0 Å². The van der Waals surface area contributed by atoms with Crippen LogP contribution in [0.15, 0.2) is 17.7 Å². The Morgan fingerprint density at radius 1 is 1.62 bits per heavy atom. The van der Waals surface area contributed by atoms with E-state index in [9.17, 15) is 0 Å². The molecule has 0 aromatic rings. The molecule has 1 unspecified atom stereocenters. The van der Waals surface area contributed by atoms with Crippen LogP contribution in [0.4, 0.5) is 0 Å². The van der Waals surface area contributed by atoms with Crippen LogP contribution in [0.1, 0.15) is 13.8 Å². The minimum Gasteiger partial charge on any atom is -0.253 e. The van der Waals surface area contributed by atoms with E-state index in [0.29, 0.717) is 5.92 Å². The van der Waals surface area contributed by atoms with Crippen molar-refractivity contribution in [1.82, 2.24) is 0 Å². The van der Waals surface area contributed by atoms with Gasteiger partial charge >= 0.3 is 18.9 Å². The largest absolute Gasteiger partial charge is 1.00 e. The number of allylic oxidation sites excluding steroid dienone is 4. The Balaban J connectivity index is 0.000000490. The van der Waals surface area contributed by atoms with Crippen molar-refractivity contribution in [3.8, 4) is 0 Å². The maximum atomic E-state index is 3.11. The molecule has 0 saturated carbocycles. The zero-order valence-electron chi connectivity index (χ0n) is 5.73. The van der Waals surface area contributed by atoms with E-state index in [1.54, 1.807) is 0 Å². The second kappa shape index (κ2) is 3.17. The summed E-state index contributed by atoms with van der Waals surface area (Å²) in [6, 6.07) is 0. The van der Waals surface area contributed by atoms with Crippen molar-refractivity contribution >= 4 is 0 Å². The van der Waals surface area contributed by atoms with Crippen LogP contribution in [-0.2, 0) is 0 Å². The fraction of sp³-hybridized carbons (Fsp3) is 0.429. The van der Waals surface area contributed by atoms with E-state index < -0.39 is 0 Å². The van der Waals surface area contributed by atoms with Crippen LogP contribution in [0, 0.1) is 12.0 Å². The molecule has 1 atom stereocenters. The molecule has 1 aliphatic carbocycles. The smallest absolute Gasteiger partial charge is 0.253 e. The Morgan fingerprint density at radius 2 is 2.25 bits per heavy atom. The predicted molar refractivity (Wildman–Crippen MR) is 30.7 cm³/mol. The summed E-state index contributed by atoms with van der Waals surface area (Å²) < 4.78 is 0. The van der Waals surface area contributed by atoms with Gasteiger partial charge in [0.25, 0.3) is 0 Å². The summed E-state index contributed by atoms with van der Waals surface area (Å²) in [7, 11) is 0. The van der Waals surface area contributed by atoms with Crippen molar-refractivity contribution in [2.75, 3.05) is 0 Å². The number of hydrogen-bond donors (Lipinski definition) is 0. The number of hydrogen-bond acceptors (Lipinski definition) is 0. The van der Waals surface area contributed by atoms with Crippen molar-refractivity contribution in [1.29, 1.82) is 0 Å². The van der Waals surface area contributed by atoms with Gasteiger partial charge in [-0.05, 0) is 0 Å². The predicted octanol–water partition coefficient (Wildman–Crippen LogP) is -1.05. The van der Waals surface area contributed by atoms with Crippen LogP contribution < -0.4 is 18.9 Å². The molecule has 0 saturated heterocycles. The molecule has 0 spiro atoms. The molecule has 0 amide bonds. The Kier molecular flexibility index (Phi) is 3.20. The number of rotatable bonds is 0. The molecule has 38 valence electrons. The van der Waals surface area contributed by atoms with Crippen molar-refractivity contribution in [3.05, 3.63) is 23.8 Å². The SMILES string of the molecule is CC1=[C-]C=CC1C.[Li+]. The second-order valence-corrected chi connectivity index (χ2v) is 1.98. The van der Waals surface area contributed by atoms with Gasteiger partial charge in [0.2, 0.25) is 0 Å². The fourth-order valence-corrected chi connectivity index (χ4v) is 0.600. The van der Waals surface area contributed by atoms with Crippen LogP contribution in [0.3, 0.4) is 0 Å². The van der Waals surface area contributed by atoms with Crippen molar-refractivity contribution in [3.63, 3.8) is 0 Å². The topological polar surface area (TPSA) is 0 Å². The zero-order valence-corrected chi connectivity index (χ0v) is 5.73. The van der Waals surface area contributed by atoms with E-state index in [0.717, 1.165) is 0 Å². The first-order valence-corrected chi connectivity index (χ1v) is 2.57. The van der Waals surface area contributed by atoms with Crippen LogP contribution >= 0.6 is 0 Å². The van der Waals surface area contributed by atoms with Gasteiger partial charge < -0.3 is 0 Å². The van der Waals surface area contributed by atoms with E-state index in [1.165, 1.54) is 5.57 Å². The summed E-state index contributed by atoms with van der Waals surface area (Å²) in [6.45, 7) is 4.27. The molecule has 0 N–H and O–H groups in total. The summed E-state index contributed by atoms with van der Waals surface area (Å²) in [5, 5.41) is 0. The average Bonchev–Trinajstić information content (AvgIpc) is 1.91. The molecule has 1 rings (SSSR count). The van der Waals surface area contributed by atoms with Crippen LogP contribution in [0.5, 0.6) is 0 Å². The van der Waals surface area contributed by atoms with Crippen LogP contribution in [0.25, 0.3) is 0 Å².